The van der Waals surface area contributed by atoms with Crippen molar-refractivity contribution in [3.63, 3.8) is 0 Å². The molecule has 38 heavy (non-hydrogen) atoms. The highest BCUT2D eigenvalue weighted by Crippen LogP contribution is 2.25. The maximum Gasteiger partial charge on any atom is 0.408 e. The van der Waals surface area contributed by atoms with Gasteiger partial charge in [-0.15, -0.1) is 0 Å². The summed E-state index contributed by atoms with van der Waals surface area (Å²) in [6.07, 6.45) is -0.873. The van der Waals surface area contributed by atoms with Crippen LogP contribution in [0, 0.1) is 10.1 Å². The van der Waals surface area contributed by atoms with Crippen molar-refractivity contribution in [3.05, 3.63) is 106 Å². The highest BCUT2D eigenvalue weighted by atomic mass is 16.6. The van der Waals surface area contributed by atoms with Crippen molar-refractivity contribution in [3.8, 4) is 5.75 Å². The second kappa shape index (κ2) is 13.4. The van der Waals surface area contributed by atoms with Crippen LogP contribution >= 0.6 is 0 Å². The summed E-state index contributed by atoms with van der Waals surface area (Å²) in [5.74, 6) is -1.25. The Bertz CT molecular complexity index is 1270. The van der Waals surface area contributed by atoms with Gasteiger partial charge in [0.15, 0.2) is 0 Å². The van der Waals surface area contributed by atoms with E-state index < -0.39 is 34.9 Å². The van der Waals surface area contributed by atoms with Crippen LogP contribution in [0.1, 0.15) is 16.7 Å². The minimum atomic E-state index is -1.24. The first-order valence-electron chi connectivity index (χ1n) is 11.7. The molecule has 3 rings (SSSR count). The lowest BCUT2D eigenvalue weighted by atomic mass is 10.0. The van der Waals surface area contributed by atoms with Crippen molar-refractivity contribution in [2.45, 2.75) is 31.5 Å². The van der Waals surface area contributed by atoms with E-state index in [-0.39, 0.29) is 25.1 Å². The van der Waals surface area contributed by atoms with Crippen LogP contribution < -0.4 is 21.1 Å². The van der Waals surface area contributed by atoms with Gasteiger partial charge in [-0.2, -0.15) is 0 Å². The number of nitrogens with zero attached hydrogens (tertiary/aromatic N) is 1. The maximum absolute atomic E-state index is 13.3. The molecule has 3 amide bonds. The van der Waals surface area contributed by atoms with E-state index in [0.717, 1.165) is 11.1 Å². The molecule has 11 nitrogen and oxygen atoms in total. The number of amides is 3. The highest BCUT2D eigenvalue weighted by Gasteiger charge is 2.28. The van der Waals surface area contributed by atoms with Gasteiger partial charge in [0.1, 0.15) is 24.4 Å². The van der Waals surface area contributed by atoms with E-state index in [2.05, 4.69) is 10.6 Å². The number of carbonyl (C=O) groups excluding carboxylic acids is 3. The number of alkyl carbamates (subject to hydrolysis) is 1. The van der Waals surface area contributed by atoms with Crippen LogP contribution in [-0.2, 0) is 33.8 Å². The van der Waals surface area contributed by atoms with Gasteiger partial charge >= 0.3 is 6.09 Å². The first-order valence-corrected chi connectivity index (χ1v) is 11.7. The lowest BCUT2D eigenvalue weighted by Gasteiger charge is -2.22. The molecule has 3 aromatic carbocycles. The number of nitrogens with one attached hydrogen (secondary N) is 2. The van der Waals surface area contributed by atoms with E-state index in [1.807, 2.05) is 24.3 Å². The number of nitrogens with two attached hydrogens (primary N) is 1. The van der Waals surface area contributed by atoms with Crippen molar-refractivity contribution in [1.29, 1.82) is 0 Å². The lowest BCUT2D eigenvalue weighted by Crippen LogP contribution is -2.54. The summed E-state index contributed by atoms with van der Waals surface area (Å²) in [5, 5.41) is 16.3. The molecule has 0 radical (unpaired) electrons. The van der Waals surface area contributed by atoms with E-state index in [1.54, 1.807) is 36.4 Å². The summed E-state index contributed by atoms with van der Waals surface area (Å²) in [7, 11) is 1.38. The largest absolute Gasteiger partial charge is 0.496 e. The van der Waals surface area contributed by atoms with Crippen molar-refractivity contribution in [1.82, 2.24) is 10.6 Å². The fourth-order valence-electron chi connectivity index (χ4n) is 3.72. The summed E-state index contributed by atoms with van der Waals surface area (Å²) in [4.78, 5) is 48.7. The monoisotopic (exact) mass is 520 g/mol. The van der Waals surface area contributed by atoms with E-state index in [0.29, 0.717) is 11.3 Å². The van der Waals surface area contributed by atoms with Gasteiger partial charge in [0, 0.05) is 30.5 Å². The zero-order chi connectivity index (χ0) is 27.5. The topological polar surface area (TPSA) is 163 Å². The zero-order valence-corrected chi connectivity index (χ0v) is 20.7. The number of nitro groups is 1. The van der Waals surface area contributed by atoms with Crippen LogP contribution in [0.25, 0.3) is 0 Å². The van der Waals surface area contributed by atoms with Crippen LogP contribution in [0.15, 0.2) is 78.9 Å². The molecular formula is C27H28N4O7. The molecule has 0 aromatic heterocycles. The van der Waals surface area contributed by atoms with Crippen LogP contribution in [0.4, 0.5) is 10.5 Å². The quantitative estimate of drug-likeness (QED) is 0.244. The third kappa shape index (κ3) is 8.05. The highest BCUT2D eigenvalue weighted by molar-refractivity contribution is 5.91. The molecule has 0 fully saturated rings. The zero-order valence-electron chi connectivity index (χ0n) is 20.7. The summed E-state index contributed by atoms with van der Waals surface area (Å²) < 4.78 is 10.5. The molecule has 0 saturated carbocycles. The normalized spacial score (nSPS) is 12.0. The molecule has 4 N–H and O–H groups in total. The van der Waals surface area contributed by atoms with Crippen molar-refractivity contribution < 1.29 is 28.8 Å². The number of methoxy groups -OCH3 is 1. The van der Waals surface area contributed by atoms with Crippen LogP contribution in [-0.4, -0.2) is 42.0 Å². The molecule has 0 aliphatic heterocycles. The molecule has 0 aliphatic carbocycles. The maximum atomic E-state index is 13.3. The summed E-state index contributed by atoms with van der Waals surface area (Å²) in [6.45, 7) is 0.00282. The minimum Gasteiger partial charge on any atom is -0.496 e. The summed E-state index contributed by atoms with van der Waals surface area (Å²) in [6, 6.07) is 19.6. The number of hydrogen-bond acceptors (Lipinski definition) is 7. The first kappa shape index (κ1) is 27.7. The van der Waals surface area contributed by atoms with Gasteiger partial charge in [-0.1, -0.05) is 60.7 Å². The molecular weight excluding hydrogens is 492 g/mol. The second-order valence-corrected chi connectivity index (χ2v) is 8.37. The Morgan fingerprint density at radius 3 is 2.11 bits per heavy atom. The van der Waals surface area contributed by atoms with Crippen molar-refractivity contribution in [2.24, 2.45) is 5.73 Å². The number of benzene rings is 3. The Kier molecular flexibility index (Phi) is 9.75. The lowest BCUT2D eigenvalue weighted by molar-refractivity contribution is -0.384. The molecule has 198 valence electrons. The second-order valence-electron chi connectivity index (χ2n) is 8.37. The predicted molar refractivity (Wildman–Crippen MR) is 138 cm³/mol. The number of carbonyl (C=O) groups is 3. The average Bonchev–Trinajstić information content (AvgIpc) is 2.92. The number of non-ortho nitro benzene ring substituents is 1. The van der Waals surface area contributed by atoms with Gasteiger partial charge in [-0.25, -0.2) is 4.79 Å². The Morgan fingerprint density at radius 1 is 0.895 bits per heavy atom. The number of hydrogen-bond donors (Lipinski definition) is 3. The van der Waals surface area contributed by atoms with Gasteiger partial charge < -0.3 is 25.8 Å². The fraction of sp³-hybridized carbons (Fsp3) is 0.222. The predicted octanol–water partition coefficient (Wildman–Crippen LogP) is 2.65. The van der Waals surface area contributed by atoms with Crippen LogP contribution in [0.2, 0.25) is 0 Å². The van der Waals surface area contributed by atoms with Gasteiger partial charge in [-0.3, -0.25) is 19.7 Å². The molecule has 0 unspecified atom stereocenters. The third-order valence-electron chi connectivity index (χ3n) is 5.66. The molecule has 11 heteroatoms. The molecule has 0 spiro atoms. The Balaban J connectivity index is 1.76. The van der Waals surface area contributed by atoms with Crippen LogP contribution in [0.5, 0.6) is 5.75 Å². The summed E-state index contributed by atoms with van der Waals surface area (Å²) >= 11 is 0. The van der Waals surface area contributed by atoms with Gasteiger partial charge in [0.2, 0.25) is 11.8 Å². The first-order chi connectivity index (χ1) is 18.3. The molecule has 0 saturated heterocycles. The van der Waals surface area contributed by atoms with Crippen LogP contribution in [0.3, 0.4) is 0 Å². The SMILES string of the molecule is COc1ccc([N+](=O)[O-])cc1C[C@@H](NC(=O)[C@@H](Cc1ccccc1)NC(=O)OCc1ccccc1)C(N)=O. The van der Waals surface area contributed by atoms with E-state index in [1.165, 1.54) is 25.3 Å². The number of rotatable bonds is 12. The number of ether oxygens (including phenoxy) is 2. The number of primary amides is 1. The number of nitro benzene ring substituents is 1. The average molecular weight is 521 g/mol. The standard InChI is InChI=1S/C27H28N4O7/c1-37-24-13-12-21(31(35)36)15-20(24)16-22(25(28)32)29-26(33)23(14-18-8-4-2-5-9-18)30-27(34)38-17-19-10-6-3-7-11-19/h2-13,15,22-23H,14,16-17H2,1H3,(H2,28,32)(H,29,33)(H,30,34)/t22-,23-/m1/s1. The Morgan fingerprint density at radius 2 is 1.53 bits per heavy atom. The van der Waals surface area contributed by atoms with E-state index in [4.69, 9.17) is 15.2 Å². The molecule has 0 bridgehead atoms. The van der Waals surface area contributed by atoms with Gasteiger partial charge in [0.25, 0.3) is 5.69 Å². The molecule has 2 atom stereocenters. The molecule has 0 aliphatic rings. The smallest absolute Gasteiger partial charge is 0.408 e. The summed E-state index contributed by atoms with van der Waals surface area (Å²) in [5.41, 5.74) is 7.17. The van der Waals surface area contributed by atoms with E-state index in [9.17, 15) is 24.5 Å². The fourth-order valence-corrected chi connectivity index (χ4v) is 3.72. The Hall–Kier alpha value is -4.93. The van der Waals surface area contributed by atoms with Crippen molar-refractivity contribution >= 4 is 23.6 Å². The third-order valence-corrected chi connectivity index (χ3v) is 5.66. The van der Waals surface area contributed by atoms with Crippen molar-refractivity contribution in [2.75, 3.05) is 7.11 Å². The van der Waals surface area contributed by atoms with E-state index >= 15 is 0 Å². The molecule has 0 heterocycles. The van der Waals surface area contributed by atoms with Gasteiger partial charge in [0.05, 0.1) is 12.0 Å². The van der Waals surface area contributed by atoms with Gasteiger partial charge in [-0.05, 0) is 17.2 Å². The Labute approximate surface area is 219 Å². The minimum absolute atomic E-state index is 0.00282. The molecule has 3 aromatic rings.